The average Bonchev–Trinajstić information content (AvgIpc) is 3.12. The summed E-state index contributed by atoms with van der Waals surface area (Å²) < 4.78 is 12.8. The number of methoxy groups -OCH3 is 2. The summed E-state index contributed by atoms with van der Waals surface area (Å²) in [4.78, 5) is 8.95. The summed E-state index contributed by atoms with van der Waals surface area (Å²) in [6.45, 7) is 2.14. The molecule has 2 heterocycles. The van der Waals surface area contributed by atoms with Crippen molar-refractivity contribution in [1.82, 2.24) is 19.7 Å². The van der Waals surface area contributed by atoms with Gasteiger partial charge in [-0.05, 0) is 69.2 Å². The highest BCUT2D eigenvalue weighted by Crippen LogP contribution is 2.31. The largest absolute Gasteiger partial charge is 0.497 e. The minimum absolute atomic E-state index is 0.175. The normalized spacial score (nSPS) is 14.0. The molecular weight excluding hydrogens is 404 g/mol. The molecule has 2 aromatic heterocycles. The zero-order valence-electron chi connectivity index (χ0n) is 19.3. The van der Waals surface area contributed by atoms with E-state index in [9.17, 15) is 0 Å². The summed E-state index contributed by atoms with van der Waals surface area (Å²) in [7, 11) is 5.34. The predicted octanol–water partition coefficient (Wildman–Crippen LogP) is 3.79. The first-order chi connectivity index (χ1) is 15.5. The molecule has 8 heteroatoms. The first-order valence-corrected chi connectivity index (χ1v) is 11.2. The second kappa shape index (κ2) is 9.46. The van der Waals surface area contributed by atoms with Crippen molar-refractivity contribution in [3.63, 3.8) is 0 Å². The van der Waals surface area contributed by atoms with Crippen molar-refractivity contribution in [2.24, 2.45) is 7.05 Å². The molecule has 8 nitrogen and oxygen atoms in total. The van der Waals surface area contributed by atoms with Gasteiger partial charge in [0, 0.05) is 24.7 Å². The number of hydrogen-bond donors (Lipinski definition) is 2. The van der Waals surface area contributed by atoms with Crippen LogP contribution in [-0.2, 0) is 26.3 Å². The molecule has 0 spiro atoms. The van der Waals surface area contributed by atoms with Gasteiger partial charge in [-0.1, -0.05) is 0 Å². The van der Waals surface area contributed by atoms with Crippen molar-refractivity contribution < 1.29 is 9.47 Å². The van der Waals surface area contributed by atoms with Gasteiger partial charge in [-0.3, -0.25) is 4.68 Å². The number of nitrogens with zero attached hydrogens (tertiary/aromatic N) is 4. The number of hydrogen-bond acceptors (Lipinski definition) is 7. The Hall–Kier alpha value is -3.29. The number of aryl methyl sites for hydroxylation is 3. The van der Waals surface area contributed by atoms with Crippen LogP contribution in [0.15, 0.2) is 24.3 Å². The Balaban J connectivity index is 1.50. The van der Waals surface area contributed by atoms with Crippen LogP contribution in [0.4, 0.5) is 11.8 Å². The number of aromatic nitrogens is 4. The van der Waals surface area contributed by atoms with Crippen LogP contribution in [0.1, 0.15) is 43.0 Å². The first kappa shape index (κ1) is 21.9. The molecule has 3 aromatic rings. The molecule has 3 N–H and O–H groups in total. The highest BCUT2D eigenvalue weighted by molar-refractivity contribution is 5.65. The molecule has 1 aliphatic rings. The molecule has 0 fully saturated rings. The van der Waals surface area contributed by atoms with E-state index in [4.69, 9.17) is 20.3 Å². The third kappa shape index (κ3) is 4.64. The van der Waals surface area contributed by atoms with E-state index < -0.39 is 0 Å². The molecule has 1 atom stereocenters. The van der Waals surface area contributed by atoms with Crippen LogP contribution in [0, 0.1) is 0 Å². The van der Waals surface area contributed by atoms with Gasteiger partial charge < -0.3 is 20.5 Å². The van der Waals surface area contributed by atoms with Gasteiger partial charge in [-0.2, -0.15) is 10.1 Å². The van der Waals surface area contributed by atoms with E-state index in [0.717, 1.165) is 60.0 Å². The fourth-order valence-electron chi connectivity index (χ4n) is 4.44. The molecular formula is C24H32N6O2. The summed E-state index contributed by atoms with van der Waals surface area (Å²) in [6.07, 6.45) is 6.17. The van der Waals surface area contributed by atoms with Gasteiger partial charge in [0.05, 0.1) is 31.3 Å². The molecule has 0 unspecified atom stereocenters. The number of nitrogens with two attached hydrogens (primary N) is 1. The molecule has 0 aliphatic heterocycles. The number of ether oxygens (including phenoxy) is 2. The van der Waals surface area contributed by atoms with Gasteiger partial charge in [-0.25, -0.2) is 4.98 Å². The zero-order valence-corrected chi connectivity index (χ0v) is 19.3. The lowest BCUT2D eigenvalue weighted by atomic mass is 9.95. The van der Waals surface area contributed by atoms with Crippen LogP contribution < -0.4 is 20.5 Å². The van der Waals surface area contributed by atoms with Crippen molar-refractivity contribution in [1.29, 1.82) is 0 Å². The number of rotatable bonds is 8. The molecule has 0 radical (unpaired) electrons. The third-order valence-corrected chi connectivity index (χ3v) is 6.03. The highest BCUT2D eigenvalue weighted by atomic mass is 16.5. The number of fused-ring (bicyclic) bond motifs is 1. The van der Waals surface area contributed by atoms with Crippen molar-refractivity contribution >= 4 is 11.8 Å². The second-order valence-electron chi connectivity index (χ2n) is 8.36. The molecule has 4 rings (SSSR count). The number of nitrogen functional groups attached to an aromatic ring is 1. The van der Waals surface area contributed by atoms with E-state index in [-0.39, 0.29) is 12.0 Å². The Morgan fingerprint density at radius 2 is 1.94 bits per heavy atom. The van der Waals surface area contributed by atoms with Crippen LogP contribution in [0.25, 0.3) is 11.4 Å². The number of benzene rings is 1. The SMILES string of the molecule is COc1ccc(OC)c(CC[C@H](C)Nc2cc(-c3c4c(nn3C)CCCC4)nc(N)n2)c1. The van der Waals surface area contributed by atoms with Gasteiger partial charge in [0.25, 0.3) is 0 Å². The van der Waals surface area contributed by atoms with Crippen molar-refractivity contribution in [2.45, 2.75) is 51.5 Å². The van der Waals surface area contributed by atoms with Crippen molar-refractivity contribution in [2.75, 3.05) is 25.3 Å². The molecule has 1 aromatic carbocycles. The fourth-order valence-corrected chi connectivity index (χ4v) is 4.44. The van der Waals surface area contributed by atoms with Gasteiger partial charge in [0.15, 0.2) is 0 Å². The van der Waals surface area contributed by atoms with Crippen LogP contribution in [0.2, 0.25) is 0 Å². The second-order valence-corrected chi connectivity index (χ2v) is 8.36. The Morgan fingerprint density at radius 1 is 1.12 bits per heavy atom. The van der Waals surface area contributed by atoms with E-state index in [2.05, 4.69) is 22.2 Å². The molecule has 0 saturated carbocycles. The Morgan fingerprint density at radius 3 is 2.72 bits per heavy atom. The van der Waals surface area contributed by atoms with Gasteiger partial charge in [-0.15, -0.1) is 0 Å². The molecule has 0 bridgehead atoms. The van der Waals surface area contributed by atoms with Gasteiger partial charge in [0.1, 0.15) is 17.3 Å². The van der Waals surface area contributed by atoms with Gasteiger partial charge >= 0.3 is 0 Å². The lowest BCUT2D eigenvalue weighted by Gasteiger charge is -2.17. The molecule has 1 aliphatic carbocycles. The molecule has 0 amide bonds. The summed E-state index contributed by atoms with van der Waals surface area (Å²) in [6, 6.07) is 8.03. The lowest BCUT2D eigenvalue weighted by molar-refractivity contribution is 0.398. The van der Waals surface area contributed by atoms with Gasteiger partial charge in [0.2, 0.25) is 5.95 Å². The minimum Gasteiger partial charge on any atom is -0.497 e. The number of anilines is 2. The van der Waals surface area contributed by atoms with Crippen LogP contribution in [0.5, 0.6) is 11.5 Å². The Bertz CT molecular complexity index is 1090. The Kier molecular flexibility index (Phi) is 6.48. The molecule has 170 valence electrons. The van der Waals surface area contributed by atoms with E-state index in [1.165, 1.54) is 24.1 Å². The molecule has 0 saturated heterocycles. The maximum Gasteiger partial charge on any atom is 0.222 e. The smallest absolute Gasteiger partial charge is 0.222 e. The van der Waals surface area contributed by atoms with Crippen molar-refractivity contribution in [3.8, 4) is 22.9 Å². The third-order valence-electron chi connectivity index (χ3n) is 6.03. The summed E-state index contributed by atoms with van der Waals surface area (Å²) in [5, 5.41) is 8.20. The Labute approximate surface area is 189 Å². The monoisotopic (exact) mass is 436 g/mol. The molecule has 32 heavy (non-hydrogen) atoms. The average molecular weight is 437 g/mol. The van der Waals surface area contributed by atoms with E-state index in [1.54, 1.807) is 14.2 Å². The summed E-state index contributed by atoms with van der Waals surface area (Å²) in [5.41, 5.74) is 11.5. The van der Waals surface area contributed by atoms with Crippen LogP contribution in [-0.4, -0.2) is 40.0 Å². The highest BCUT2D eigenvalue weighted by Gasteiger charge is 2.22. The first-order valence-electron chi connectivity index (χ1n) is 11.2. The lowest BCUT2D eigenvalue weighted by Crippen LogP contribution is -2.18. The minimum atomic E-state index is 0.175. The van der Waals surface area contributed by atoms with E-state index in [0.29, 0.717) is 0 Å². The van der Waals surface area contributed by atoms with E-state index in [1.807, 2.05) is 36.0 Å². The maximum absolute atomic E-state index is 6.08. The maximum atomic E-state index is 6.08. The summed E-state index contributed by atoms with van der Waals surface area (Å²) >= 11 is 0. The zero-order chi connectivity index (χ0) is 22.7. The van der Waals surface area contributed by atoms with Crippen molar-refractivity contribution in [3.05, 3.63) is 41.1 Å². The van der Waals surface area contributed by atoms with Crippen LogP contribution in [0.3, 0.4) is 0 Å². The standard InChI is InChI=1S/C24H32N6O2/c1-15(9-10-16-13-17(31-3)11-12-21(16)32-4)26-22-14-20(27-24(25)28-22)23-18-7-5-6-8-19(18)29-30(23)2/h11-15H,5-10H2,1-4H3,(H3,25,26,27,28)/t15-/m0/s1. The predicted molar refractivity (Wildman–Crippen MR) is 126 cm³/mol. The quantitative estimate of drug-likeness (QED) is 0.554. The van der Waals surface area contributed by atoms with Crippen LogP contribution >= 0.6 is 0 Å². The topological polar surface area (TPSA) is 100 Å². The fraction of sp³-hybridized carbons (Fsp3) is 0.458. The number of nitrogens with one attached hydrogen (secondary N) is 1. The summed E-state index contributed by atoms with van der Waals surface area (Å²) in [5.74, 6) is 2.68. The van der Waals surface area contributed by atoms with E-state index >= 15 is 0 Å².